The molecule has 180 valence electrons. The van der Waals surface area contributed by atoms with Gasteiger partial charge in [-0.15, -0.1) is 29.7 Å². The van der Waals surface area contributed by atoms with Crippen molar-refractivity contribution in [3.63, 3.8) is 0 Å². The average molecular weight is 722 g/mol. The number of pyridine rings is 1. The molecule has 2 heterocycles. The van der Waals surface area contributed by atoms with E-state index in [0.717, 1.165) is 23.1 Å². The second kappa shape index (κ2) is 11.5. The maximum absolute atomic E-state index is 5.07. The van der Waals surface area contributed by atoms with Gasteiger partial charge in [0.25, 0.3) is 0 Å². The number of rotatable bonds is 3. The maximum Gasteiger partial charge on any atom is 0.0669 e. The Bertz CT molecular complexity index is 1650. The molecule has 6 aromatic rings. The Balaban J connectivity index is 0.00000120. The summed E-state index contributed by atoms with van der Waals surface area (Å²) in [5, 5.41) is 3.52. The van der Waals surface area contributed by atoms with Crippen LogP contribution in [-0.2, 0) is 59.2 Å². The number of aromatic nitrogens is 2. The molecule has 0 spiro atoms. The smallest absolute Gasteiger partial charge is 0.0669 e. The Hall–Kier alpha value is -2.16. The average Bonchev–Trinajstić information content (AvgIpc) is 3.17. The van der Waals surface area contributed by atoms with E-state index in [1.807, 2.05) is 6.07 Å². The summed E-state index contributed by atoms with van der Waals surface area (Å²) < 4.78 is 2.35. The van der Waals surface area contributed by atoms with Crippen molar-refractivity contribution < 1.29 is 52.8 Å². The Labute approximate surface area is 252 Å². The van der Waals surface area contributed by atoms with Crippen LogP contribution in [0.1, 0.15) is 27.9 Å². The van der Waals surface area contributed by atoms with Gasteiger partial charge in [0, 0.05) is 63.9 Å². The van der Waals surface area contributed by atoms with Gasteiger partial charge >= 0.3 is 0 Å². The van der Waals surface area contributed by atoms with Crippen LogP contribution in [0.4, 0.5) is 0 Å². The molecule has 0 atom stereocenters. The van der Waals surface area contributed by atoms with Crippen LogP contribution < -0.4 is 0 Å². The van der Waals surface area contributed by atoms with E-state index in [1.165, 1.54) is 49.8 Å². The summed E-state index contributed by atoms with van der Waals surface area (Å²) in [6.07, 6.45) is 0.916. The molecule has 2 radical (unpaired) electrons. The van der Waals surface area contributed by atoms with Crippen LogP contribution in [0.15, 0.2) is 84.9 Å². The molecule has 0 unspecified atom stereocenters. The molecular formula is C32H28IrN2Y-2. The van der Waals surface area contributed by atoms with Gasteiger partial charge in [-0.05, 0) is 60.9 Å². The molecule has 4 aromatic carbocycles. The molecule has 36 heavy (non-hydrogen) atoms. The van der Waals surface area contributed by atoms with Gasteiger partial charge < -0.3 is 11.8 Å². The molecule has 0 amide bonds. The van der Waals surface area contributed by atoms with Crippen molar-refractivity contribution >= 4 is 27.3 Å². The van der Waals surface area contributed by atoms with Crippen LogP contribution >= 0.6 is 0 Å². The molecule has 6 rings (SSSR count). The summed E-state index contributed by atoms with van der Waals surface area (Å²) in [6, 6.07) is 33.8. The van der Waals surface area contributed by atoms with Crippen LogP contribution in [0.3, 0.4) is 0 Å². The predicted octanol–water partition coefficient (Wildman–Crippen LogP) is 8.07. The van der Waals surface area contributed by atoms with Gasteiger partial charge in [0.2, 0.25) is 0 Å². The van der Waals surface area contributed by atoms with Crippen molar-refractivity contribution in [3.05, 3.63) is 126 Å². The van der Waals surface area contributed by atoms with Crippen LogP contribution in [0.2, 0.25) is 0 Å². The van der Waals surface area contributed by atoms with E-state index in [0.29, 0.717) is 0 Å². The number of nitrogens with zero attached hydrogens (tertiary/aromatic N) is 2. The molecule has 2 nitrogen and oxygen atoms in total. The topological polar surface area (TPSA) is 17.3 Å². The van der Waals surface area contributed by atoms with E-state index in [2.05, 4.69) is 110 Å². The third kappa shape index (κ3) is 4.75. The fourth-order valence-electron chi connectivity index (χ4n) is 5.19. The van der Waals surface area contributed by atoms with E-state index in [9.17, 15) is 0 Å². The molecule has 0 fully saturated rings. The Morgan fingerprint density at radius 2 is 1.50 bits per heavy atom. The first-order chi connectivity index (χ1) is 16.1. The van der Waals surface area contributed by atoms with Crippen molar-refractivity contribution in [3.8, 4) is 11.3 Å². The number of imidazole rings is 1. The minimum Gasteiger partial charge on any atom is -0.358 e. The van der Waals surface area contributed by atoms with Crippen molar-refractivity contribution in [2.45, 2.75) is 27.2 Å². The van der Waals surface area contributed by atoms with Gasteiger partial charge in [0.1, 0.15) is 0 Å². The van der Waals surface area contributed by atoms with E-state index >= 15 is 0 Å². The zero-order valence-electron chi connectivity index (χ0n) is 21.1. The van der Waals surface area contributed by atoms with E-state index in [4.69, 9.17) is 4.98 Å². The number of hydrogen-bond acceptors (Lipinski definition) is 1. The summed E-state index contributed by atoms with van der Waals surface area (Å²) in [5.74, 6) is 0. The largest absolute Gasteiger partial charge is 0.358 e. The predicted molar refractivity (Wildman–Crippen MR) is 144 cm³/mol. The quantitative estimate of drug-likeness (QED) is 0.134. The monoisotopic (exact) mass is 722 g/mol. The molecule has 0 saturated carbocycles. The SMILES string of the molecule is Cc1cccc(C)c1-c1c(C)nc2c3[c-]cccc3c3cc(Cc4ccccc4)ccc3n12.[CH3-].[Ir].[Y]. The minimum atomic E-state index is 0. The first-order valence-corrected chi connectivity index (χ1v) is 11.5. The summed E-state index contributed by atoms with van der Waals surface area (Å²) in [4.78, 5) is 5.07. The summed E-state index contributed by atoms with van der Waals surface area (Å²) >= 11 is 0. The second-order valence-electron chi connectivity index (χ2n) is 8.94. The van der Waals surface area contributed by atoms with Crippen LogP contribution in [0.5, 0.6) is 0 Å². The fourth-order valence-corrected chi connectivity index (χ4v) is 5.19. The zero-order valence-corrected chi connectivity index (χ0v) is 26.3. The normalized spacial score (nSPS) is 10.6. The fraction of sp³-hybridized carbons (Fsp3) is 0.125. The van der Waals surface area contributed by atoms with E-state index in [1.54, 1.807) is 0 Å². The van der Waals surface area contributed by atoms with Gasteiger partial charge in [0.05, 0.1) is 17.0 Å². The molecule has 0 saturated heterocycles. The first-order valence-electron chi connectivity index (χ1n) is 11.5. The zero-order chi connectivity index (χ0) is 22.5. The third-order valence-electron chi connectivity index (χ3n) is 6.69. The number of benzene rings is 4. The molecule has 0 N–H and O–H groups in total. The second-order valence-corrected chi connectivity index (χ2v) is 8.94. The molecule has 0 aliphatic rings. The molecule has 0 aliphatic heterocycles. The van der Waals surface area contributed by atoms with Gasteiger partial charge in [-0.2, -0.15) is 0 Å². The minimum absolute atomic E-state index is 0. The van der Waals surface area contributed by atoms with E-state index < -0.39 is 0 Å². The summed E-state index contributed by atoms with van der Waals surface area (Å²) in [7, 11) is 0. The summed E-state index contributed by atoms with van der Waals surface area (Å²) in [5.41, 5.74) is 10.8. The number of fused-ring (bicyclic) bond motifs is 6. The Kier molecular flexibility index (Phi) is 9.07. The molecule has 4 heteroatoms. The molecule has 0 bridgehead atoms. The maximum atomic E-state index is 5.07. The first kappa shape index (κ1) is 28.4. The standard InChI is InChI=1S/C31H25N2.CH3.Ir.Y/c1-20-10-9-11-21(2)29(20)30-22(3)32-31-26-15-8-7-14-25(26)27-19-24(16-17-28(27)33(30)31)18-23-12-5-4-6-13-23;;;/h4-14,16-17,19H,18H2,1-3H3;1H3;;/q2*-1;;. The van der Waals surface area contributed by atoms with Crippen molar-refractivity contribution in [1.82, 2.24) is 9.38 Å². The number of aryl methyl sites for hydroxylation is 3. The van der Waals surface area contributed by atoms with Crippen LogP contribution in [-0.4, -0.2) is 9.38 Å². The molecule has 2 aromatic heterocycles. The summed E-state index contributed by atoms with van der Waals surface area (Å²) in [6.45, 7) is 6.50. The third-order valence-corrected chi connectivity index (χ3v) is 6.69. The van der Waals surface area contributed by atoms with Gasteiger partial charge in [0.15, 0.2) is 0 Å². The Morgan fingerprint density at radius 3 is 2.22 bits per heavy atom. The Morgan fingerprint density at radius 1 is 0.778 bits per heavy atom. The van der Waals surface area contributed by atoms with E-state index in [-0.39, 0.29) is 60.2 Å². The molecule has 0 aliphatic carbocycles. The van der Waals surface area contributed by atoms with Crippen molar-refractivity contribution in [2.24, 2.45) is 0 Å². The van der Waals surface area contributed by atoms with Gasteiger partial charge in [-0.3, -0.25) is 4.98 Å². The van der Waals surface area contributed by atoms with Gasteiger partial charge in [-0.25, -0.2) is 0 Å². The molecular weight excluding hydrogens is 693 g/mol. The van der Waals surface area contributed by atoms with Crippen molar-refractivity contribution in [2.75, 3.05) is 0 Å². The van der Waals surface area contributed by atoms with Crippen LogP contribution in [0, 0.1) is 34.3 Å². The van der Waals surface area contributed by atoms with Crippen molar-refractivity contribution in [1.29, 1.82) is 0 Å². The van der Waals surface area contributed by atoms with Crippen LogP contribution in [0.25, 0.3) is 38.6 Å². The number of hydrogen-bond donors (Lipinski definition) is 0. The van der Waals surface area contributed by atoms with Gasteiger partial charge in [-0.1, -0.05) is 66.0 Å².